The van der Waals surface area contributed by atoms with Gasteiger partial charge < -0.3 is 5.73 Å². The van der Waals surface area contributed by atoms with Gasteiger partial charge in [-0.1, -0.05) is 0 Å². The molecule has 0 bridgehead atoms. The molecular formula is C10H7BrFN3S. The molecule has 1 aromatic carbocycles. The molecule has 0 aliphatic rings. The monoisotopic (exact) mass is 299 g/mol. The molecule has 0 aliphatic heterocycles. The fraction of sp³-hybridized carbons (Fsp3) is 0. The highest BCUT2D eigenvalue weighted by molar-refractivity contribution is 9.10. The minimum Gasteiger partial charge on any atom is -0.398 e. The van der Waals surface area contributed by atoms with Gasteiger partial charge in [-0.15, -0.1) is 0 Å². The van der Waals surface area contributed by atoms with E-state index >= 15 is 0 Å². The summed E-state index contributed by atoms with van der Waals surface area (Å²) in [5, 5.41) is 0.538. The molecule has 0 unspecified atom stereocenters. The minimum atomic E-state index is -0.354. The first-order valence-corrected chi connectivity index (χ1v) is 5.97. The second kappa shape index (κ2) is 4.80. The van der Waals surface area contributed by atoms with Gasteiger partial charge in [0.1, 0.15) is 5.82 Å². The Hall–Kier alpha value is -1.14. The summed E-state index contributed by atoms with van der Waals surface area (Å²) in [5.41, 5.74) is 6.26. The van der Waals surface area contributed by atoms with E-state index in [0.717, 1.165) is 0 Å². The van der Waals surface area contributed by atoms with Crippen LogP contribution in [0.5, 0.6) is 0 Å². The zero-order valence-corrected chi connectivity index (χ0v) is 10.4. The van der Waals surface area contributed by atoms with Crippen molar-refractivity contribution in [3.05, 3.63) is 40.9 Å². The van der Waals surface area contributed by atoms with Crippen molar-refractivity contribution < 1.29 is 4.39 Å². The number of nitrogen functional groups attached to an aromatic ring is 1. The van der Waals surface area contributed by atoms with E-state index in [4.69, 9.17) is 5.73 Å². The van der Waals surface area contributed by atoms with E-state index in [-0.39, 0.29) is 5.82 Å². The smallest absolute Gasteiger partial charge is 0.192 e. The van der Waals surface area contributed by atoms with Gasteiger partial charge in [-0.2, -0.15) is 0 Å². The Kier molecular flexibility index (Phi) is 3.40. The van der Waals surface area contributed by atoms with Gasteiger partial charge in [-0.3, -0.25) is 0 Å². The largest absolute Gasteiger partial charge is 0.398 e. The number of aromatic nitrogens is 2. The van der Waals surface area contributed by atoms with Crippen LogP contribution in [0.1, 0.15) is 0 Å². The summed E-state index contributed by atoms with van der Waals surface area (Å²) >= 11 is 4.30. The fourth-order valence-electron chi connectivity index (χ4n) is 1.07. The number of nitrogens with zero attached hydrogens (tertiary/aromatic N) is 2. The van der Waals surface area contributed by atoms with E-state index in [0.29, 0.717) is 20.2 Å². The SMILES string of the molecule is Nc1cc(Br)c(F)cc1Sc1ncccn1. The van der Waals surface area contributed by atoms with Crippen LogP contribution in [-0.4, -0.2) is 9.97 Å². The highest BCUT2D eigenvalue weighted by atomic mass is 79.9. The molecule has 0 aliphatic carbocycles. The highest BCUT2D eigenvalue weighted by Crippen LogP contribution is 2.32. The van der Waals surface area contributed by atoms with Gasteiger partial charge in [-0.25, -0.2) is 14.4 Å². The zero-order valence-electron chi connectivity index (χ0n) is 8.02. The number of nitrogens with two attached hydrogens (primary N) is 1. The Morgan fingerprint density at radius 1 is 1.25 bits per heavy atom. The minimum absolute atomic E-state index is 0.350. The zero-order chi connectivity index (χ0) is 11.5. The molecule has 82 valence electrons. The topological polar surface area (TPSA) is 51.8 Å². The van der Waals surface area contributed by atoms with Crippen LogP contribution in [0.15, 0.2) is 45.1 Å². The van der Waals surface area contributed by atoms with Crippen molar-refractivity contribution in [1.29, 1.82) is 0 Å². The van der Waals surface area contributed by atoms with Gasteiger partial charge in [0, 0.05) is 23.0 Å². The van der Waals surface area contributed by atoms with Crippen molar-refractivity contribution in [2.75, 3.05) is 5.73 Å². The Morgan fingerprint density at radius 2 is 1.94 bits per heavy atom. The molecule has 6 heteroatoms. The first-order chi connectivity index (χ1) is 7.66. The fourth-order valence-corrected chi connectivity index (χ4v) is 2.19. The molecule has 1 aromatic heterocycles. The summed E-state index contributed by atoms with van der Waals surface area (Å²) in [5.74, 6) is -0.354. The third kappa shape index (κ3) is 2.51. The lowest BCUT2D eigenvalue weighted by Crippen LogP contribution is -1.92. The first kappa shape index (κ1) is 11.3. The number of hydrogen-bond donors (Lipinski definition) is 1. The van der Waals surface area contributed by atoms with Gasteiger partial charge >= 0.3 is 0 Å². The average molecular weight is 300 g/mol. The maximum atomic E-state index is 13.3. The van der Waals surface area contributed by atoms with Crippen LogP contribution >= 0.6 is 27.7 Å². The van der Waals surface area contributed by atoms with Crippen LogP contribution in [-0.2, 0) is 0 Å². The van der Waals surface area contributed by atoms with Crippen molar-refractivity contribution in [2.24, 2.45) is 0 Å². The van der Waals surface area contributed by atoms with Crippen molar-refractivity contribution in [3.8, 4) is 0 Å². The quantitative estimate of drug-likeness (QED) is 0.684. The maximum absolute atomic E-state index is 13.3. The molecule has 0 amide bonds. The summed E-state index contributed by atoms with van der Waals surface area (Å²) in [6, 6.07) is 4.61. The second-order valence-electron chi connectivity index (χ2n) is 2.94. The van der Waals surface area contributed by atoms with E-state index in [1.165, 1.54) is 23.9 Å². The molecular weight excluding hydrogens is 293 g/mol. The lowest BCUT2D eigenvalue weighted by atomic mass is 10.3. The van der Waals surface area contributed by atoms with Crippen molar-refractivity contribution in [3.63, 3.8) is 0 Å². The van der Waals surface area contributed by atoms with Crippen LogP contribution in [0.2, 0.25) is 0 Å². The Bertz CT molecular complexity index is 507. The summed E-state index contributed by atoms with van der Waals surface area (Å²) in [4.78, 5) is 8.66. The standard InChI is InChI=1S/C10H7BrFN3S/c11-6-4-8(13)9(5-7(6)12)16-10-14-2-1-3-15-10/h1-5H,13H2. The molecule has 2 N–H and O–H groups in total. The van der Waals surface area contributed by atoms with E-state index in [2.05, 4.69) is 25.9 Å². The van der Waals surface area contributed by atoms with Gasteiger partial charge in [0.2, 0.25) is 0 Å². The van der Waals surface area contributed by atoms with Gasteiger partial charge in [0.15, 0.2) is 5.16 Å². The van der Waals surface area contributed by atoms with E-state index in [1.54, 1.807) is 18.5 Å². The summed E-state index contributed by atoms with van der Waals surface area (Å²) in [6.07, 6.45) is 3.25. The number of benzene rings is 1. The highest BCUT2D eigenvalue weighted by Gasteiger charge is 2.08. The molecule has 16 heavy (non-hydrogen) atoms. The number of anilines is 1. The van der Waals surface area contributed by atoms with Crippen LogP contribution in [0.25, 0.3) is 0 Å². The lowest BCUT2D eigenvalue weighted by Gasteiger charge is -2.05. The Morgan fingerprint density at radius 3 is 2.62 bits per heavy atom. The van der Waals surface area contributed by atoms with Gasteiger partial charge in [-0.05, 0) is 45.9 Å². The molecule has 0 saturated carbocycles. The number of hydrogen-bond acceptors (Lipinski definition) is 4. The van der Waals surface area contributed by atoms with Crippen LogP contribution in [0.4, 0.5) is 10.1 Å². The van der Waals surface area contributed by atoms with Crippen LogP contribution in [0, 0.1) is 5.82 Å². The van der Waals surface area contributed by atoms with E-state index in [1.807, 2.05) is 0 Å². The van der Waals surface area contributed by atoms with E-state index in [9.17, 15) is 4.39 Å². The summed E-state index contributed by atoms with van der Waals surface area (Å²) in [6.45, 7) is 0. The Balaban J connectivity index is 2.32. The molecule has 0 spiro atoms. The molecule has 2 rings (SSSR count). The van der Waals surface area contributed by atoms with Crippen molar-refractivity contribution in [1.82, 2.24) is 9.97 Å². The van der Waals surface area contributed by atoms with Crippen LogP contribution in [0.3, 0.4) is 0 Å². The Labute approximate surface area is 104 Å². The maximum Gasteiger partial charge on any atom is 0.192 e. The van der Waals surface area contributed by atoms with Gasteiger partial charge in [0.25, 0.3) is 0 Å². The normalized spacial score (nSPS) is 10.4. The third-order valence-electron chi connectivity index (χ3n) is 1.80. The van der Waals surface area contributed by atoms with Crippen LogP contribution < -0.4 is 5.73 Å². The summed E-state index contributed by atoms with van der Waals surface area (Å²) < 4.78 is 13.7. The molecule has 2 aromatic rings. The van der Waals surface area contributed by atoms with E-state index < -0.39 is 0 Å². The second-order valence-corrected chi connectivity index (χ2v) is 4.80. The first-order valence-electron chi connectivity index (χ1n) is 4.36. The summed E-state index contributed by atoms with van der Waals surface area (Å²) in [7, 11) is 0. The van der Waals surface area contributed by atoms with Crippen molar-refractivity contribution >= 4 is 33.4 Å². The number of rotatable bonds is 2. The predicted molar refractivity (Wildman–Crippen MR) is 64.7 cm³/mol. The molecule has 1 heterocycles. The predicted octanol–water partition coefficient (Wildman–Crippen LogP) is 3.11. The third-order valence-corrected chi connectivity index (χ3v) is 3.37. The molecule has 3 nitrogen and oxygen atoms in total. The molecule has 0 fully saturated rings. The van der Waals surface area contributed by atoms with Gasteiger partial charge in [0.05, 0.1) is 4.47 Å². The molecule has 0 radical (unpaired) electrons. The number of halogens is 2. The lowest BCUT2D eigenvalue weighted by molar-refractivity contribution is 0.618. The molecule has 0 atom stereocenters. The average Bonchev–Trinajstić information content (AvgIpc) is 2.27. The van der Waals surface area contributed by atoms with Crippen molar-refractivity contribution in [2.45, 2.75) is 10.1 Å². The molecule has 0 saturated heterocycles.